The summed E-state index contributed by atoms with van der Waals surface area (Å²) < 4.78 is 5.34. The molecule has 0 spiro atoms. The maximum atomic E-state index is 12.0. The summed E-state index contributed by atoms with van der Waals surface area (Å²) in [5, 5.41) is 11.8. The summed E-state index contributed by atoms with van der Waals surface area (Å²) in [6.07, 6.45) is 0. The number of nitrogens with zero attached hydrogens (tertiary/aromatic N) is 1. The number of carbonyl (C=O) groups is 1. The number of hydrogen-bond acceptors (Lipinski definition) is 3. The number of nitriles is 1. The van der Waals surface area contributed by atoms with E-state index in [0.717, 1.165) is 28.1 Å². The summed E-state index contributed by atoms with van der Waals surface area (Å²) in [5.74, 6) is 0.525. The standard InChI is InChI=1S/C15H20N2O2/c1-9-7-12(10(2)11(3)13(9)19-6)17-14(18)15(4,5)8-16/h7H,1-6H3,(H,17,18). The molecule has 1 N–H and O–H groups in total. The first-order valence-electron chi connectivity index (χ1n) is 6.12. The van der Waals surface area contributed by atoms with Crippen LogP contribution in [0.15, 0.2) is 6.07 Å². The number of carbonyl (C=O) groups excluding carboxylic acids is 1. The van der Waals surface area contributed by atoms with Gasteiger partial charge in [0.05, 0.1) is 13.2 Å². The van der Waals surface area contributed by atoms with Crippen LogP contribution < -0.4 is 10.1 Å². The van der Waals surface area contributed by atoms with Crippen LogP contribution in [0.3, 0.4) is 0 Å². The molecule has 4 nitrogen and oxygen atoms in total. The fourth-order valence-electron chi connectivity index (χ4n) is 1.83. The van der Waals surface area contributed by atoms with E-state index in [9.17, 15) is 4.79 Å². The van der Waals surface area contributed by atoms with Crippen molar-refractivity contribution in [2.24, 2.45) is 5.41 Å². The first-order chi connectivity index (χ1) is 8.74. The second-order valence-corrected chi connectivity index (χ2v) is 5.22. The molecule has 1 aromatic rings. The first-order valence-corrected chi connectivity index (χ1v) is 6.12. The lowest BCUT2D eigenvalue weighted by molar-refractivity contribution is -0.121. The fourth-order valence-corrected chi connectivity index (χ4v) is 1.83. The van der Waals surface area contributed by atoms with Crippen molar-refractivity contribution in [2.45, 2.75) is 34.6 Å². The predicted molar refractivity (Wildman–Crippen MR) is 75.2 cm³/mol. The summed E-state index contributed by atoms with van der Waals surface area (Å²) in [6.45, 7) is 9.00. The van der Waals surface area contributed by atoms with Crippen LogP contribution in [0.2, 0.25) is 0 Å². The van der Waals surface area contributed by atoms with Gasteiger partial charge in [-0.15, -0.1) is 0 Å². The van der Waals surface area contributed by atoms with E-state index >= 15 is 0 Å². The Labute approximate surface area is 114 Å². The minimum absolute atomic E-state index is 0.304. The Bertz CT molecular complexity index is 554. The van der Waals surface area contributed by atoms with Crippen molar-refractivity contribution < 1.29 is 9.53 Å². The van der Waals surface area contributed by atoms with Gasteiger partial charge in [0.15, 0.2) is 0 Å². The van der Waals surface area contributed by atoms with E-state index in [1.807, 2.05) is 32.9 Å². The molecular weight excluding hydrogens is 240 g/mol. The summed E-state index contributed by atoms with van der Waals surface area (Å²) in [5.41, 5.74) is 2.57. The average Bonchev–Trinajstić information content (AvgIpc) is 2.36. The third-order valence-corrected chi connectivity index (χ3v) is 3.33. The molecule has 0 radical (unpaired) electrons. The zero-order valence-corrected chi connectivity index (χ0v) is 12.3. The van der Waals surface area contributed by atoms with Gasteiger partial charge >= 0.3 is 0 Å². The lowest BCUT2D eigenvalue weighted by Crippen LogP contribution is -2.29. The second-order valence-electron chi connectivity index (χ2n) is 5.22. The van der Waals surface area contributed by atoms with E-state index in [2.05, 4.69) is 5.32 Å². The lowest BCUT2D eigenvalue weighted by Gasteiger charge is -2.19. The van der Waals surface area contributed by atoms with Crippen molar-refractivity contribution in [3.63, 3.8) is 0 Å². The molecule has 0 aromatic heterocycles. The van der Waals surface area contributed by atoms with E-state index in [-0.39, 0.29) is 5.91 Å². The molecule has 0 heterocycles. The highest BCUT2D eigenvalue weighted by Gasteiger charge is 2.28. The summed E-state index contributed by atoms with van der Waals surface area (Å²) in [7, 11) is 1.63. The second kappa shape index (κ2) is 5.31. The van der Waals surface area contributed by atoms with Gasteiger partial charge in [-0.1, -0.05) is 0 Å². The van der Waals surface area contributed by atoms with E-state index in [1.54, 1.807) is 21.0 Å². The molecule has 0 saturated carbocycles. The van der Waals surface area contributed by atoms with Gasteiger partial charge in [0.1, 0.15) is 11.2 Å². The van der Waals surface area contributed by atoms with Crippen LogP contribution in [0, 0.1) is 37.5 Å². The van der Waals surface area contributed by atoms with Gasteiger partial charge < -0.3 is 10.1 Å². The van der Waals surface area contributed by atoms with Crippen molar-refractivity contribution in [3.05, 3.63) is 22.8 Å². The Morgan fingerprint density at radius 2 is 1.89 bits per heavy atom. The highest BCUT2D eigenvalue weighted by Crippen LogP contribution is 2.32. The van der Waals surface area contributed by atoms with E-state index in [4.69, 9.17) is 10.00 Å². The maximum Gasteiger partial charge on any atom is 0.244 e. The van der Waals surface area contributed by atoms with Gasteiger partial charge in [-0.05, 0) is 57.4 Å². The number of aryl methyl sites for hydroxylation is 1. The normalized spacial score (nSPS) is 10.8. The maximum absolute atomic E-state index is 12.0. The highest BCUT2D eigenvalue weighted by molar-refractivity contribution is 5.97. The Hall–Kier alpha value is -2.02. The van der Waals surface area contributed by atoms with E-state index < -0.39 is 5.41 Å². The Balaban J connectivity index is 3.18. The highest BCUT2D eigenvalue weighted by atomic mass is 16.5. The first kappa shape index (κ1) is 15.0. The largest absolute Gasteiger partial charge is 0.496 e. The molecule has 19 heavy (non-hydrogen) atoms. The van der Waals surface area contributed by atoms with Gasteiger partial charge in [0.2, 0.25) is 5.91 Å². The molecule has 102 valence electrons. The smallest absolute Gasteiger partial charge is 0.244 e. The summed E-state index contributed by atoms with van der Waals surface area (Å²) >= 11 is 0. The molecule has 0 aliphatic rings. The van der Waals surface area contributed by atoms with Crippen LogP contribution in [0.25, 0.3) is 0 Å². The molecule has 0 aliphatic heterocycles. The third kappa shape index (κ3) is 2.87. The van der Waals surface area contributed by atoms with Gasteiger partial charge in [-0.25, -0.2) is 0 Å². The topological polar surface area (TPSA) is 62.1 Å². The number of ether oxygens (including phenoxy) is 1. The van der Waals surface area contributed by atoms with Crippen molar-refractivity contribution in [1.82, 2.24) is 0 Å². The molecule has 1 amide bonds. The molecule has 1 rings (SSSR count). The number of amides is 1. The third-order valence-electron chi connectivity index (χ3n) is 3.33. The van der Waals surface area contributed by atoms with Gasteiger partial charge in [0, 0.05) is 5.69 Å². The average molecular weight is 260 g/mol. The van der Waals surface area contributed by atoms with Gasteiger partial charge in [-0.2, -0.15) is 5.26 Å². The predicted octanol–water partition coefficient (Wildman–Crippen LogP) is 3.11. The Kier molecular flexibility index (Phi) is 4.21. The number of nitrogens with one attached hydrogen (secondary N) is 1. The SMILES string of the molecule is COc1c(C)cc(NC(=O)C(C)(C)C#N)c(C)c1C. The van der Waals surface area contributed by atoms with Crippen LogP contribution in [-0.4, -0.2) is 13.0 Å². The molecule has 0 unspecified atom stereocenters. The Morgan fingerprint density at radius 1 is 1.32 bits per heavy atom. The van der Waals surface area contributed by atoms with E-state index in [0.29, 0.717) is 0 Å². The zero-order chi connectivity index (χ0) is 14.8. The Morgan fingerprint density at radius 3 is 2.37 bits per heavy atom. The number of anilines is 1. The number of benzene rings is 1. The zero-order valence-electron chi connectivity index (χ0n) is 12.3. The summed E-state index contributed by atoms with van der Waals surface area (Å²) in [6, 6.07) is 3.86. The molecule has 0 bridgehead atoms. The fraction of sp³-hybridized carbons (Fsp3) is 0.467. The van der Waals surface area contributed by atoms with Crippen LogP contribution >= 0.6 is 0 Å². The van der Waals surface area contributed by atoms with Gasteiger partial charge in [-0.3, -0.25) is 4.79 Å². The molecule has 1 aromatic carbocycles. The van der Waals surface area contributed by atoms with Crippen LogP contribution in [-0.2, 0) is 4.79 Å². The van der Waals surface area contributed by atoms with Crippen LogP contribution in [0.4, 0.5) is 5.69 Å². The molecule has 0 atom stereocenters. The van der Waals surface area contributed by atoms with Crippen molar-refractivity contribution >= 4 is 11.6 Å². The monoisotopic (exact) mass is 260 g/mol. The molecule has 0 fully saturated rings. The van der Waals surface area contributed by atoms with Crippen molar-refractivity contribution in [3.8, 4) is 11.8 Å². The minimum atomic E-state index is -1.05. The van der Waals surface area contributed by atoms with E-state index in [1.165, 1.54) is 0 Å². The van der Waals surface area contributed by atoms with Gasteiger partial charge in [0.25, 0.3) is 0 Å². The number of hydrogen-bond donors (Lipinski definition) is 1. The molecule has 4 heteroatoms. The number of rotatable bonds is 3. The minimum Gasteiger partial charge on any atom is -0.496 e. The van der Waals surface area contributed by atoms with Crippen LogP contribution in [0.1, 0.15) is 30.5 Å². The summed E-state index contributed by atoms with van der Waals surface area (Å²) in [4.78, 5) is 12.0. The van der Waals surface area contributed by atoms with Crippen molar-refractivity contribution in [2.75, 3.05) is 12.4 Å². The number of methoxy groups -OCH3 is 1. The molecule has 0 aliphatic carbocycles. The lowest BCUT2D eigenvalue weighted by atomic mass is 9.94. The molecule has 0 saturated heterocycles. The molecular formula is C15H20N2O2. The quantitative estimate of drug-likeness (QED) is 0.908. The van der Waals surface area contributed by atoms with Crippen LogP contribution in [0.5, 0.6) is 5.75 Å². The van der Waals surface area contributed by atoms with Crippen molar-refractivity contribution in [1.29, 1.82) is 5.26 Å².